The summed E-state index contributed by atoms with van der Waals surface area (Å²) >= 11 is 0. The van der Waals surface area contributed by atoms with Crippen LogP contribution in [-0.2, 0) is 0 Å². The van der Waals surface area contributed by atoms with Gasteiger partial charge in [-0.1, -0.05) is 44.2 Å². The summed E-state index contributed by atoms with van der Waals surface area (Å²) in [6, 6.07) is 18.8. The number of nitrogens with zero attached hydrogens (tertiary/aromatic N) is 2. The topological polar surface area (TPSA) is 54.5 Å². The molecule has 3 rings (SSSR count). The molecule has 1 amide bonds. The van der Waals surface area contributed by atoms with Crippen molar-refractivity contribution < 1.29 is 9.53 Å². The predicted molar refractivity (Wildman–Crippen MR) is 118 cm³/mol. The number of hydrogen-bond donors (Lipinski definition) is 1. The van der Waals surface area contributed by atoms with E-state index in [0.717, 1.165) is 31.6 Å². The number of hydrogen-bond acceptors (Lipinski definition) is 4. The van der Waals surface area contributed by atoms with Crippen LogP contribution in [0.3, 0.4) is 0 Å². The van der Waals surface area contributed by atoms with Crippen LogP contribution in [0.5, 0.6) is 11.5 Å². The van der Waals surface area contributed by atoms with Crippen molar-refractivity contribution in [3.63, 3.8) is 0 Å². The number of rotatable bonds is 9. The lowest BCUT2D eigenvalue weighted by Gasteiger charge is -2.23. The summed E-state index contributed by atoms with van der Waals surface area (Å²) in [4.78, 5) is 19.4. The smallest absolute Gasteiger partial charge is 0.257 e. The fraction of sp³-hybridized carbons (Fsp3) is 0.250. The molecule has 0 aliphatic heterocycles. The Bertz CT molecular complexity index is 922. The molecular weight excluding hydrogens is 362 g/mol. The number of amides is 1. The first-order valence-electron chi connectivity index (χ1n) is 10.0. The Morgan fingerprint density at radius 1 is 0.966 bits per heavy atom. The van der Waals surface area contributed by atoms with Crippen molar-refractivity contribution in [3.8, 4) is 11.5 Å². The summed E-state index contributed by atoms with van der Waals surface area (Å²) in [6.07, 6.45) is 5.49. The van der Waals surface area contributed by atoms with Crippen molar-refractivity contribution in [2.24, 2.45) is 0 Å². The molecule has 0 fully saturated rings. The van der Waals surface area contributed by atoms with E-state index in [-0.39, 0.29) is 5.91 Å². The van der Waals surface area contributed by atoms with Crippen LogP contribution >= 0.6 is 0 Å². The highest BCUT2D eigenvalue weighted by Crippen LogP contribution is 2.29. The number of para-hydroxylation sites is 3. The first-order chi connectivity index (χ1) is 14.2. The Balaban J connectivity index is 1.78. The van der Waals surface area contributed by atoms with Gasteiger partial charge in [0, 0.05) is 19.3 Å². The Morgan fingerprint density at radius 2 is 1.66 bits per heavy atom. The van der Waals surface area contributed by atoms with Gasteiger partial charge in [-0.3, -0.25) is 9.78 Å². The Labute approximate surface area is 172 Å². The zero-order valence-electron chi connectivity index (χ0n) is 17.0. The molecule has 0 aliphatic carbocycles. The number of nitrogens with one attached hydrogen (secondary N) is 1. The normalized spacial score (nSPS) is 10.4. The molecule has 0 atom stereocenters. The SMILES string of the molecule is CCCN(CCC)c1cncc(C(=O)Nc2ccccc2Oc2ccccc2)c1. The van der Waals surface area contributed by atoms with Crippen molar-refractivity contribution >= 4 is 17.3 Å². The number of pyridine rings is 1. The lowest BCUT2D eigenvalue weighted by Crippen LogP contribution is -2.25. The number of anilines is 2. The molecule has 1 heterocycles. The second-order valence-corrected chi connectivity index (χ2v) is 6.78. The van der Waals surface area contributed by atoms with Gasteiger partial charge in [0.05, 0.1) is 23.1 Å². The molecule has 150 valence electrons. The molecule has 0 unspecified atom stereocenters. The third-order valence-electron chi connectivity index (χ3n) is 4.44. The molecule has 0 bridgehead atoms. The molecular formula is C24H27N3O2. The molecule has 5 heteroatoms. The number of carbonyl (C=O) groups excluding carboxylic acids is 1. The van der Waals surface area contributed by atoms with Crippen LogP contribution in [0.25, 0.3) is 0 Å². The Morgan fingerprint density at radius 3 is 2.38 bits per heavy atom. The van der Waals surface area contributed by atoms with E-state index in [1.165, 1.54) is 0 Å². The van der Waals surface area contributed by atoms with Gasteiger partial charge in [0.15, 0.2) is 5.75 Å². The monoisotopic (exact) mass is 389 g/mol. The molecule has 0 spiro atoms. The molecule has 29 heavy (non-hydrogen) atoms. The van der Waals surface area contributed by atoms with Crippen molar-refractivity contribution in [1.82, 2.24) is 4.98 Å². The van der Waals surface area contributed by atoms with Crippen LogP contribution in [0, 0.1) is 0 Å². The highest BCUT2D eigenvalue weighted by atomic mass is 16.5. The van der Waals surface area contributed by atoms with Crippen molar-refractivity contribution in [3.05, 3.63) is 78.6 Å². The van der Waals surface area contributed by atoms with E-state index in [2.05, 4.69) is 29.0 Å². The molecule has 1 aromatic heterocycles. The molecule has 0 aliphatic rings. The van der Waals surface area contributed by atoms with Crippen LogP contribution < -0.4 is 15.0 Å². The highest BCUT2D eigenvalue weighted by molar-refractivity contribution is 6.05. The van der Waals surface area contributed by atoms with Crippen molar-refractivity contribution in [1.29, 1.82) is 0 Å². The minimum atomic E-state index is -0.212. The standard InChI is InChI=1S/C24H27N3O2/c1-3-14-27(15-4-2)20-16-19(17-25-18-20)24(28)26-22-12-8-9-13-23(22)29-21-10-6-5-7-11-21/h5-13,16-18H,3-4,14-15H2,1-2H3,(H,26,28). The van der Waals surface area contributed by atoms with E-state index in [1.807, 2.05) is 66.9 Å². The molecule has 3 aromatic rings. The summed E-state index contributed by atoms with van der Waals surface area (Å²) in [6.45, 7) is 6.18. The van der Waals surface area contributed by atoms with E-state index >= 15 is 0 Å². The zero-order chi connectivity index (χ0) is 20.5. The Kier molecular flexibility index (Phi) is 7.22. The van der Waals surface area contributed by atoms with E-state index in [9.17, 15) is 4.79 Å². The third kappa shape index (κ3) is 5.57. The van der Waals surface area contributed by atoms with Crippen molar-refractivity contribution in [2.45, 2.75) is 26.7 Å². The van der Waals surface area contributed by atoms with Gasteiger partial charge in [0.1, 0.15) is 5.75 Å². The van der Waals surface area contributed by atoms with E-state index < -0.39 is 0 Å². The molecule has 1 N–H and O–H groups in total. The second kappa shape index (κ2) is 10.3. The molecule has 0 saturated heterocycles. The first-order valence-corrected chi connectivity index (χ1v) is 10.0. The number of benzene rings is 2. The van der Waals surface area contributed by atoms with Crippen LogP contribution in [0.1, 0.15) is 37.0 Å². The quantitative estimate of drug-likeness (QED) is 0.506. The van der Waals surface area contributed by atoms with Crippen molar-refractivity contribution in [2.75, 3.05) is 23.3 Å². The first kappa shape index (κ1) is 20.4. The van der Waals surface area contributed by atoms with E-state index in [4.69, 9.17) is 4.74 Å². The minimum Gasteiger partial charge on any atom is -0.455 e. The Hall–Kier alpha value is -3.34. The van der Waals surface area contributed by atoms with Crippen LogP contribution in [0.15, 0.2) is 73.1 Å². The largest absolute Gasteiger partial charge is 0.455 e. The van der Waals surface area contributed by atoms with Gasteiger partial charge >= 0.3 is 0 Å². The maximum atomic E-state index is 12.9. The van der Waals surface area contributed by atoms with Gasteiger partial charge in [-0.05, 0) is 43.2 Å². The third-order valence-corrected chi connectivity index (χ3v) is 4.44. The van der Waals surface area contributed by atoms with Gasteiger partial charge in [-0.25, -0.2) is 0 Å². The maximum Gasteiger partial charge on any atom is 0.257 e. The van der Waals surface area contributed by atoms with Crippen LogP contribution in [0.4, 0.5) is 11.4 Å². The average molecular weight is 389 g/mol. The van der Waals surface area contributed by atoms with Gasteiger partial charge in [0.2, 0.25) is 0 Å². The van der Waals surface area contributed by atoms with Crippen LogP contribution in [0.2, 0.25) is 0 Å². The van der Waals surface area contributed by atoms with Gasteiger partial charge in [0.25, 0.3) is 5.91 Å². The van der Waals surface area contributed by atoms with Gasteiger partial charge in [-0.2, -0.15) is 0 Å². The summed E-state index contributed by atoms with van der Waals surface area (Å²) in [5.41, 5.74) is 2.11. The molecule has 0 radical (unpaired) electrons. The maximum absolute atomic E-state index is 12.9. The predicted octanol–water partition coefficient (Wildman–Crippen LogP) is 5.75. The zero-order valence-corrected chi connectivity index (χ0v) is 17.0. The lowest BCUT2D eigenvalue weighted by molar-refractivity contribution is 0.102. The van der Waals surface area contributed by atoms with Gasteiger partial charge < -0.3 is 15.0 Å². The summed E-state index contributed by atoms with van der Waals surface area (Å²) < 4.78 is 5.93. The summed E-state index contributed by atoms with van der Waals surface area (Å²) in [5, 5.41) is 2.95. The number of carbonyl (C=O) groups is 1. The number of ether oxygens (including phenoxy) is 1. The fourth-order valence-electron chi connectivity index (χ4n) is 3.10. The van der Waals surface area contributed by atoms with E-state index in [1.54, 1.807) is 6.20 Å². The van der Waals surface area contributed by atoms with Gasteiger partial charge in [-0.15, -0.1) is 0 Å². The van der Waals surface area contributed by atoms with Crippen LogP contribution in [-0.4, -0.2) is 24.0 Å². The minimum absolute atomic E-state index is 0.212. The lowest BCUT2D eigenvalue weighted by atomic mass is 10.2. The summed E-state index contributed by atoms with van der Waals surface area (Å²) in [5.74, 6) is 1.10. The van der Waals surface area contributed by atoms with E-state index in [0.29, 0.717) is 22.7 Å². The fourth-order valence-corrected chi connectivity index (χ4v) is 3.10. The average Bonchev–Trinajstić information content (AvgIpc) is 2.76. The molecule has 0 saturated carbocycles. The highest BCUT2D eigenvalue weighted by Gasteiger charge is 2.13. The summed E-state index contributed by atoms with van der Waals surface area (Å²) in [7, 11) is 0. The molecule has 2 aromatic carbocycles. The second-order valence-electron chi connectivity index (χ2n) is 6.78. The molecule has 5 nitrogen and oxygen atoms in total. The number of aromatic nitrogens is 1.